The number of hydrogen-bond acceptors (Lipinski definition) is 4. The molecule has 1 heterocycles. The minimum Gasteiger partial charge on any atom is -0.332 e. The molecule has 0 spiro atoms. The fourth-order valence-corrected chi connectivity index (χ4v) is 3.23. The van der Waals surface area contributed by atoms with E-state index in [1.807, 2.05) is 74.5 Å². The van der Waals surface area contributed by atoms with Crippen LogP contribution in [0.2, 0.25) is 0 Å². The molecule has 4 rings (SSSR count). The number of thiocarbonyl (C=S) groups is 1. The van der Waals surface area contributed by atoms with E-state index in [4.69, 9.17) is 12.2 Å². The summed E-state index contributed by atoms with van der Waals surface area (Å²) >= 11 is 5.34. The van der Waals surface area contributed by atoms with Crippen molar-refractivity contribution in [1.29, 1.82) is 0 Å². The van der Waals surface area contributed by atoms with E-state index in [0.29, 0.717) is 5.56 Å². The molecule has 144 valence electrons. The highest BCUT2D eigenvalue weighted by Crippen LogP contribution is 2.22. The summed E-state index contributed by atoms with van der Waals surface area (Å²) in [7, 11) is 0. The number of aryl methyl sites for hydroxylation is 2. The van der Waals surface area contributed by atoms with E-state index in [9.17, 15) is 4.79 Å². The molecular weight excluding hydrogens is 382 g/mol. The summed E-state index contributed by atoms with van der Waals surface area (Å²) in [5, 5.41) is 15.1. The number of fused-ring (bicyclic) bond motifs is 1. The number of benzene rings is 3. The first-order chi connectivity index (χ1) is 14.0. The molecule has 0 atom stereocenters. The molecule has 0 unspecified atom stereocenters. The van der Waals surface area contributed by atoms with E-state index < -0.39 is 0 Å². The zero-order valence-electron chi connectivity index (χ0n) is 16.0. The van der Waals surface area contributed by atoms with Crippen LogP contribution < -0.4 is 10.6 Å². The fraction of sp³-hybridized carbons (Fsp3) is 0.0909. The van der Waals surface area contributed by atoms with Gasteiger partial charge in [-0.2, -0.15) is 4.80 Å². The quantitative estimate of drug-likeness (QED) is 0.504. The maximum Gasteiger partial charge on any atom is 0.257 e. The molecule has 0 fully saturated rings. The Morgan fingerprint density at radius 2 is 1.55 bits per heavy atom. The number of nitrogens with zero attached hydrogens (tertiary/aromatic N) is 3. The standard InChI is InChI=1S/C22H19N5OS/c1-14-8-6-7-11-17(14)21(28)24-22(29)23-18-13-20-19(12-15(18)2)25-27(26-20)16-9-4-3-5-10-16/h3-13H,1-2H3,(H2,23,24,28,29). The van der Waals surface area contributed by atoms with Gasteiger partial charge in [-0.3, -0.25) is 10.1 Å². The molecule has 0 bridgehead atoms. The van der Waals surface area contributed by atoms with Crippen LogP contribution >= 0.6 is 12.2 Å². The Labute approximate surface area is 173 Å². The predicted octanol–water partition coefficient (Wildman–Crippen LogP) is 4.16. The van der Waals surface area contributed by atoms with Gasteiger partial charge in [-0.25, -0.2) is 0 Å². The smallest absolute Gasteiger partial charge is 0.257 e. The largest absolute Gasteiger partial charge is 0.332 e. The highest BCUT2D eigenvalue weighted by Gasteiger charge is 2.12. The van der Waals surface area contributed by atoms with Crippen molar-refractivity contribution in [2.24, 2.45) is 0 Å². The summed E-state index contributed by atoms with van der Waals surface area (Å²) in [5.74, 6) is -0.241. The van der Waals surface area contributed by atoms with Gasteiger partial charge in [-0.05, 0) is 67.5 Å². The van der Waals surface area contributed by atoms with Gasteiger partial charge < -0.3 is 5.32 Å². The number of para-hydroxylation sites is 1. The molecule has 7 heteroatoms. The van der Waals surface area contributed by atoms with Gasteiger partial charge in [0.15, 0.2) is 5.11 Å². The van der Waals surface area contributed by atoms with Crippen LogP contribution in [-0.2, 0) is 0 Å². The first kappa shape index (κ1) is 18.8. The zero-order valence-corrected chi connectivity index (χ0v) is 16.8. The summed E-state index contributed by atoms with van der Waals surface area (Å²) in [5.41, 5.74) is 5.61. The molecular formula is C22H19N5OS. The van der Waals surface area contributed by atoms with E-state index in [2.05, 4.69) is 20.8 Å². The van der Waals surface area contributed by atoms with Crippen LogP contribution in [0.4, 0.5) is 5.69 Å². The van der Waals surface area contributed by atoms with E-state index >= 15 is 0 Å². The maximum absolute atomic E-state index is 12.5. The number of carbonyl (C=O) groups excluding carboxylic acids is 1. The van der Waals surface area contributed by atoms with Crippen LogP contribution in [-0.4, -0.2) is 26.0 Å². The van der Waals surface area contributed by atoms with Gasteiger partial charge >= 0.3 is 0 Å². The lowest BCUT2D eigenvalue weighted by Gasteiger charge is -2.12. The van der Waals surface area contributed by atoms with Crippen molar-refractivity contribution in [2.45, 2.75) is 13.8 Å². The molecule has 0 saturated carbocycles. The number of anilines is 1. The molecule has 2 N–H and O–H groups in total. The monoisotopic (exact) mass is 401 g/mol. The minimum absolute atomic E-state index is 0.233. The molecule has 1 amide bonds. The number of carbonyl (C=O) groups is 1. The van der Waals surface area contributed by atoms with Crippen LogP contribution in [0.15, 0.2) is 66.7 Å². The molecule has 4 aromatic rings. The summed E-state index contributed by atoms with van der Waals surface area (Å²) in [4.78, 5) is 14.1. The van der Waals surface area contributed by atoms with Crippen LogP contribution in [0.5, 0.6) is 0 Å². The predicted molar refractivity (Wildman–Crippen MR) is 118 cm³/mol. The molecule has 0 radical (unpaired) electrons. The first-order valence-corrected chi connectivity index (χ1v) is 9.53. The normalized spacial score (nSPS) is 10.7. The van der Waals surface area contributed by atoms with Crippen molar-refractivity contribution < 1.29 is 4.79 Å². The van der Waals surface area contributed by atoms with E-state index in [0.717, 1.165) is 33.5 Å². The van der Waals surface area contributed by atoms with Gasteiger partial charge in [0.2, 0.25) is 0 Å². The Morgan fingerprint density at radius 1 is 0.897 bits per heavy atom. The van der Waals surface area contributed by atoms with E-state index in [-0.39, 0.29) is 11.0 Å². The number of amides is 1. The Kier molecular flexibility index (Phi) is 5.05. The second-order valence-corrected chi connectivity index (χ2v) is 7.11. The highest BCUT2D eigenvalue weighted by atomic mass is 32.1. The van der Waals surface area contributed by atoms with Crippen LogP contribution in [0.25, 0.3) is 16.7 Å². The fourth-order valence-electron chi connectivity index (χ4n) is 3.03. The summed E-state index contributed by atoms with van der Waals surface area (Å²) < 4.78 is 0. The zero-order chi connectivity index (χ0) is 20.4. The molecule has 29 heavy (non-hydrogen) atoms. The van der Waals surface area contributed by atoms with Crippen molar-refractivity contribution in [3.63, 3.8) is 0 Å². The summed E-state index contributed by atoms with van der Waals surface area (Å²) in [6, 6.07) is 20.9. The lowest BCUT2D eigenvalue weighted by atomic mass is 10.1. The Hall–Kier alpha value is -3.58. The van der Waals surface area contributed by atoms with Gasteiger partial charge in [-0.15, -0.1) is 10.2 Å². The molecule has 3 aromatic carbocycles. The van der Waals surface area contributed by atoms with Crippen molar-refractivity contribution in [1.82, 2.24) is 20.3 Å². The number of rotatable bonds is 3. The second-order valence-electron chi connectivity index (χ2n) is 6.70. The number of hydrogen-bond donors (Lipinski definition) is 2. The van der Waals surface area contributed by atoms with E-state index in [1.54, 1.807) is 10.9 Å². The first-order valence-electron chi connectivity index (χ1n) is 9.12. The van der Waals surface area contributed by atoms with Gasteiger partial charge in [0.1, 0.15) is 11.0 Å². The summed E-state index contributed by atoms with van der Waals surface area (Å²) in [6.07, 6.45) is 0. The lowest BCUT2D eigenvalue weighted by Crippen LogP contribution is -2.34. The molecule has 1 aromatic heterocycles. The molecule has 6 nitrogen and oxygen atoms in total. The Balaban J connectivity index is 1.54. The third-order valence-electron chi connectivity index (χ3n) is 4.58. The van der Waals surface area contributed by atoms with Crippen molar-refractivity contribution in [2.75, 3.05) is 5.32 Å². The van der Waals surface area contributed by atoms with Crippen molar-refractivity contribution in [3.8, 4) is 5.69 Å². The maximum atomic E-state index is 12.5. The third kappa shape index (κ3) is 4.00. The van der Waals surface area contributed by atoms with Crippen molar-refractivity contribution >= 4 is 40.0 Å². The molecule has 0 aliphatic heterocycles. The van der Waals surface area contributed by atoms with Gasteiger partial charge in [0.05, 0.1) is 5.69 Å². The van der Waals surface area contributed by atoms with Gasteiger partial charge in [0, 0.05) is 11.3 Å². The van der Waals surface area contributed by atoms with Crippen LogP contribution in [0, 0.1) is 13.8 Å². The number of nitrogens with one attached hydrogen (secondary N) is 2. The van der Waals surface area contributed by atoms with Crippen LogP contribution in [0.1, 0.15) is 21.5 Å². The van der Waals surface area contributed by atoms with E-state index in [1.165, 1.54) is 0 Å². The van der Waals surface area contributed by atoms with Crippen LogP contribution in [0.3, 0.4) is 0 Å². The number of aromatic nitrogens is 3. The minimum atomic E-state index is -0.241. The third-order valence-corrected chi connectivity index (χ3v) is 4.78. The Morgan fingerprint density at radius 3 is 2.28 bits per heavy atom. The topological polar surface area (TPSA) is 71.8 Å². The molecule has 0 aliphatic rings. The van der Waals surface area contributed by atoms with Gasteiger partial charge in [0.25, 0.3) is 5.91 Å². The second kappa shape index (κ2) is 7.81. The highest BCUT2D eigenvalue weighted by molar-refractivity contribution is 7.80. The van der Waals surface area contributed by atoms with Crippen molar-refractivity contribution in [3.05, 3.63) is 83.4 Å². The molecule has 0 aliphatic carbocycles. The summed E-state index contributed by atoms with van der Waals surface area (Å²) in [6.45, 7) is 3.84. The lowest BCUT2D eigenvalue weighted by molar-refractivity contribution is 0.0977. The average molecular weight is 401 g/mol. The average Bonchev–Trinajstić information content (AvgIpc) is 3.12. The van der Waals surface area contributed by atoms with Gasteiger partial charge in [-0.1, -0.05) is 36.4 Å². The molecule has 0 saturated heterocycles. The Bertz CT molecular complexity index is 1220. The SMILES string of the molecule is Cc1cc2nn(-c3ccccc3)nc2cc1NC(=S)NC(=O)c1ccccc1C.